The fourth-order valence-corrected chi connectivity index (χ4v) is 1.70. The van der Waals surface area contributed by atoms with Gasteiger partial charge in [0.15, 0.2) is 5.78 Å². The van der Waals surface area contributed by atoms with Crippen molar-refractivity contribution in [2.24, 2.45) is 0 Å². The van der Waals surface area contributed by atoms with Crippen molar-refractivity contribution >= 4 is 17.2 Å². The monoisotopic (exact) mass is 270 g/mol. The van der Waals surface area contributed by atoms with Crippen LogP contribution < -0.4 is 16.2 Å². The highest BCUT2D eigenvalue weighted by molar-refractivity contribution is 6.17. The summed E-state index contributed by atoms with van der Waals surface area (Å²) in [5, 5.41) is 0. The first kappa shape index (κ1) is 15.3. The van der Waals surface area contributed by atoms with Gasteiger partial charge in [-0.2, -0.15) is 0 Å². The molecule has 104 valence electrons. The van der Waals surface area contributed by atoms with Crippen LogP contribution in [0.15, 0.2) is 61.2 Å². The molecule has 0 heterocycles. The van der Waals surface area contributed by atoms with Gasteiger partial charge in [0.25, 0.3) is 0 Å². The number of allylic oxidation sites excluding steroid dienone is 6. The van der Waals surface area contributed by atoms with E-state index in [2.05, 4.69) is 13.2 Å². The van der Waals surface area contributed by atoms with E-state index in [1.807, 2.05) is 0 Å². The van der Waals surface area contributed by atoms with Gasteiger partial charge in [-0.3, -0.25) is 4.79 Å². The van der Waals surface area contributed by atoms with Gasteiger partial charge in [0, 0.05) is 11.3 Å². The van der Waals surface area contributed by atoms with E-state index in [1.165, 1.54) is 13.2 Å². The summed E-state index contributed by atoms with van der Waals surface area (Å²) >= 11 is 0. The first-order valence-corrected chi connectivity index (χ1v) is 5.95. The summed E-state index contributed by atoms with van der Waals surface area (Å²) in [5.41, 5.74) is 12.9. The number of nitrogen functional groups attached to an aromatic ring is 2. The number of hydrogen-bond acceptors (Lipinski definition) is 4. The van der Waals surface area contributed by atoms with Gasteiger partial charge >= 0.3 is 0 Å². The second-order valence-electron chi connectivity index (χ2n) is 3.93. The van der Waals surface area contributed by atoms with Gasteiger partial charge in [-0.25, -0.2) is 0 Å². The number of Topliss-reactive ketones (excluding diaryl/α,β-unsaturated/α-hetero) is 1. The van der Waals surface area contributed by atoms with E-state index in [0.29, 0.717) is 17.0 Å². The zero-order valence-electron chi connectivity index (χ0n) is 11.4. The molecule has 1 aromatic carbocycles. The Morgan fingerprint density at radius 1 is 1.25 bits per heavy atom. The van der Waals surface area contributed by atoms with Gasteiger partial charge in [0.05, 0.1) is 18.4 Å². The third kappa shape index (κ3) is 3.17. The van der Waals surface area contributed by atoms with Crippen LogP contribution in [0.2, 0.25) is 0 Å². The predicted octanol–water partition coefficient (Wildman–Crippen LogP) is 2.90. The van der Waals surface area contributed by atoms with Crippen LogP contribution in [0.3, 0.4) is 0 Å². The number of hydrogen-bond donors (Lipinski definition) is 2. The topological polar surface area (TPSA) is 78.3 Å². The number of carbonyl (C=O) groups excluding carboxylic acids is 1. The first-order chi connectivity index (χ1) is 9.56. The molecule has 0 spiro atoms. The van der Waals surface area contributed by atoms with Crippen molar-refractivity contribution < 1.29 is 9.53 Å². The van der Waals surface area contributed by atoms with Gasteiger partial charge in [0.1, 0.15) is 5.75 Å². The molecule has 0 fully saturated rings. The second-order valence-corrected chi connectivity index (χ2v) is 3.93. The van der Waals surface area contributed by atoms with Gasteiger partial charge < -0.3 is 16.2 Å². The summed E-state index contributed by atoms with van der Waals surface area (Å²) in [5.74, 6) is 0.116. The molecular formula is C16H18N2O2. The fourth-order valence-electron chi connectivity index (χ4n) is 1.70. The highest BCUT2D eigenvalue weighted by atomic mass is 16.5. The molecule has 0 amide bonds. The molecule has 4 N–H and O–H groups in total. The Bertz CT molecular complexity index is 599. The number of methoxy groups -OCH3 is 1. The highest BCUT2D eigenvalue weighted by Crippen LogP contribution is 2.31. The molecule has 20 heavy (non-hydrogen) atoms. The number of benzene rings is 1. The quantitative estimate of drug-likeness (QED) is 0.360. The molecule has 0 bridgehead atoms. The molecule has 0 aliphatic carbocycles. The number of carbonyl (C=O) groups is 1. The van der Waals surface area contributed by atoms with Crippen LogP contribution in [-0.4, -0.2) is 12.9 Å². The van der Waals surface area contributed by atoms with Crippen LogP contribution in [-0.2, 0) is 0 Å². The third-order valence-electron chi connectivity index (χ3n) is 2.66. The van der Waals surface area contributed by atoms with E-state index in [-0.39, 0.29) is 17.0 Å². The smallest absolute Gasteiger partial charge is 0.197 e. The predicted molar refractivity (Wildman–Crippen MR) is 83.8 cm³/mol. The van der Waals surface area contributed by atoms with E-state index in [4.69, 9.17) is 16.2 Å². The summed E-state index contributed by atoms with van der Waals surface area (Å²) in [7, 11) is 1.48. The largest absolute Gasteiger partial charge is 0.495 e. The highest BCUT2D eigenvalue weighted by Gasteiger charge is 2.19. The van der Waals surface area contributed by atoms with E-state index in [0.717, 1.165) is 0 Å². The number of rotatable bonds is 6. The Hall–Kier alpha value is -2.75. The molecule has 0 aromatic heterocycles. The van der Waals surface area contributed by atoms with Crippen LogP contribution in [0.25, 0.3) is 0 Å². The summed E-state index contributed by atoms with van der Waals surface area (Å²) in [4.78, 5) is 12.5. The van der Waals surface area contributed by atoms with Crippen molar-refractivity contribution in [1.82, 2.24) is 0 Å². The lowest BCUT2D eigenvalue weighted by Gasteiger charge is -2.12. The van der Waals surface area contributed by atoms with E-state index >= 15 is 0 Å². The van der Waals surface area contributed by atoms with Gasteiger partial charge in [-0.1, -0.05) is 43.5 Å². The zero-order chi connectivity index (χ0) is 15.1. The Kier molecular flexibility index (Phi) is 5.35. The van der Waals surface area contributed by atoms with Crippen LogP contribution in [0.4, 0.5) is 11.4 Å². The lowest BCUT2D eigenvalue weighted by Crippen LogP contribution is -2.10. The minimum Gasteiger partial charge on any atom is -0.495 e. The van der Waals surface area contributed by atoms with Crippen LogP contribution in [0.5, 0.6) is 5.75 Å². The lowest BCUT2D eigenvalue weighted by atomic mass is 9.98. The van der Waals surface area contributed by atoms with E-state index in [9.17, 15) is 4.79 Å². The molecule has 0 aliphatic rings. The molecule has 1 rings (SSSR count). The Labute approximate surface area is 118 Å². The molecule has 0 atom stereocenters. The maximum absolute atomic E-state index is 12.5. The lowest BCUT2D eigenvalue weighted by molar-refractivity contribution is 0.103. The number of nitrogens with two attached hydrogens (primary N) is 2. The van der Waals surface area contributed by atoms with Gasteiger partial charge in [-0.15, -0.1) is 0 Å². The molecule has 0 unspecified atom stereocenters. The van der Waals surface area contributed by atoms with Crippen LogP contribution in [0, 0.1) is 0 Å². The van der Waals surface area contributed by atoms with Crippen molar-refractivity contribution in [2.45, 2.75) is 0 Å². The number of anilines is 2. The van der Waals surface area contributed by atoms with E-state index < -0.39 is 0 Å². The fraction of sp³-hybridized carbons (Fsp3) is 0.0625. The molecule has 0 radical (unpaired) electrons. The maximum atomic E-state index is 12.5. The summed E-state index contributed by atoms with van der Waals surface area (Å²) < 4.78 is 5.11. The van der Waals surface area contributed by atoms with E-state index in [1.54, 1.807) is 36.4 Å². The number of ketones is 1. The number of ether oxygens (including phenoxy) is 1. The molecule has 0 aliphatic heterocycles. The SMILES string of the molecule is C=C/C=C\C(=C/C=C)C(=O)c1c(N)ccc(OC)c1N. The van der Waals surface area contributed by atoms with Crippen LogP contribution in [0.1, 0.15) is 10.4 Å². The van der Waals surface area contributed by atoms with Gasteiger partial charge in [0.2, 0.25) is 0 Å². The minimum absolute atomic E-state index is 0.222. The Morgan fingerprint density at radius 2 is 1.95 bits per heavy atom. The summed E-state index contributed by atoms with van der Waals surface area (Å²) in [6.07, 6.45) is 7.95. The second kappa shape index (κ2) is 6.99. The summed E-state index contributed by atoms with van der Waals surface area (Å²) in [6, 6.07) is 3.21. The zero-order valence-corrected chi connectivity index (χ0v) is 11.4. The maximum Gasteiger partial charge on any atom is 0.197 e. The normalized spacial score (nSPS) is 11.3. The minimum atomic E-state index is -0.295. The van der Waals surface area contributed by atoms with Crippen molar-refractivity contribution in [2.75, 3.05) is 18.6 Å². The molecule has 1 aromatic rings. The third-order valence-corrected chi connectivity index (χ3v) is 2.66. The van der Waals surface area contributed by atoms with Gasteiger partial charge in [-0.05, 0) is 12.1 Å². The Morgan fingerprint density at radius 3 is 2.50 bits per heavy atom. The average molecular weight is 270 g/mol. The summed E-state index contributed by atoms with van der Waals surface area (Å²) in [6.45, 7) is 7.15. The Balaban J connectivity index is 3.39. The molecular weight excluding hydrogens is 252 g/mol. The molecule has 4 nitrogen and oxygen atoms in total. The average Bonchev–Trinajstić information content (AvgIpc) is 2.43. The van der Waals surface area contributed by atoms with Crippen molar-refractivity contribution in [3.8, 4) is 5.75 Å². The van der Waals surface area contributed by atoms with Crippen molar-refractivity contribution in [3.05, 3.63) is 66.8 Å². The van der Waals surface area contributed by atoms with Crippen molar-refractivity contribution in [3.63, 3.8) is 0 Å². The first-order valence-electron chi connectivity index (χ1n) is 5.95. The standard InChI is InChI=1S/C16H18N2O2/c1-4-6-8-11(7-5-2)16(19)14-12(17)9-10-13(20-3)15(14)18/h4-10H,1-2,17-18H2,3H3/b8-6-,11-7+. The molecule has 0 saturated carbocycles. The van der Waals surface area contributed by atoms with Crippen LogP contribution >= 0.6 is 0 Å². The van der Waals surface area contributed by atoms with Crippen molar-refractivity contribution in [1.29, 1.82) is 0 Å². The molecule has 4 heteroatoms. The molecule has 0 saturated heterocycles.